The SMILES string of the molecule is CC(Sc1nnc(-c2cccs2)n1C1CC1)C(=O)N1CCCCC1. The first kappa shape index (κ1) is 16.1. The maximum absolute atomic E-state index is 12.7. The zero-order valence-electron chi connectivity index (χ0n) is 13.9. The van der Waals surface area contributed by atoms with Gasteiger partial charge in [-0.25, -0.2) is 0 Å². The van der Waals surface area contributed by atoms with Crippen molar-refractivity contribution >= 4 is 29.0 Å². The highest BCUT2D eigenvalue weighted by atomic mass is 32.2. The van der Waals surface area contributed by atoms with E-state index in [9.17, 15) is 4.79 Å². The number of hydrogen-bond donors (Lipinski definition) is 0. The number of thioether (sulfide) groups is 1. The molecule has 2 fully saturated rings. The van der Waals surface area contributed by atoms with Crippen LogP contribution in [0.25, 0.3) is 10.7 Å². The van der Waals surface area contributed by atoms with Crippen LogP contribution in [0.15, 0.2) is 22.7 Å². The lowest BCUT2D eigenvalue weighted by atomic mass is 10.1. The van der Waals surface area contributed by atoms with Gasteiger partial charge < -0.3 is 4.90 Å². The molecule has 0 N–H and O–H groups in total. The Bertz CT molecular complexity index is 702. The monoisotopic (exact) mass is 362 g/mol. The third kappa shape index (κ3) is 3.24. The van der Waals surface area contributed by atoms with Crippen molar-refractivity contribution in [3.05, 3.63) is 17.5 Å². The summed E-state index contributed by atoms with van der Waals surface area (Å²) in [5.74, 6) is 1.19. The van der Waals surface area contributed by atoms with Crippen molar-refractivity contribution in [1.29, 1.82) is 0 Å². The summed E-state index contributed by atoms with van der Waals surface area (Å²) in [6.07, 6.45) is 5.86. The molecule has 1 saturated heterocycles. The summed E-state index contributed by atoms with van der Waals surface area (Å²) < 4.78 is 2.25. The number of nitrogens with zero attached hydrogens (tertiary/aromatic N) is 4. The van der Waals surface area contributed by atoms with Crippen LogP contribution in [0, 0.1) is 0 Å². The molecule has 1 amide bonds. The molecular formula is C17H22N4OS2. The van der Waals surface area contributed by atoms with E-state index in [-0.39, 0.29) is 11.2 Å². The van der Waals surface area contributed by atoms with Gasteiger partial charge in [-0.15, -0.1) is 21.5 Å². The maximum Gasteiger partial charge on any atom is 0.235 e. The molecule has 5 nitrogen and oxygen atoms in total. The molecule has 128 valence electrons. The lowest BCUT2D eigenvalue weighted by Gasteiger charge is -2.28. The van der Waals surface area contributed by atoms with Gasteiger partial charge >= 0.3 is 0 Å². The van der Waals surface area contributed by atoms with Crippen LogP contribution in [0.5, 0.6) is 0 Å². The Morgan fingerprint density at radius 3 is 2.75 bits per heavy atom. The van der Waals surface area contributed by atoms with Gasteiger partial charge in [-0.2, -0.15) is 0 Å². The number of amides is 1. The minimum absolute atomic E-state index is 0.110. The fourth-order valence-corrected chi connectivity index (χ4v) is 4.88. The highest BCUT2D eigenvalue weighted by Crippen LogP contribution is 2.42. The summed E-state index contributed by atoms with van der Waals surface area (Å²) in [4.78, 5) is 15.8. The van der Waals surface area contributed by atoms with Crippen LogP contribution in [0.1, 0.15) is 45.1 Å². The summed E-state index contributed by atoms with van der Waals surface area (Å²) in [5.41, 5.74) is 0. The second-order valence-electron chi connectivity index (χ2n) is 6.53. The largest absolute Gasteiger partial charge is 0.342 e. The van der Waals surface area contributed by atoms with Crippen LogP contribution >= 0.6 is 23.1 Å². The van der Waals surface area contributed by atoms with Gasteiger partial charge in [0.15, 0.2) is 11.0 Å². The first-order valence-electron chi connectivity index (χ1n) is 8.68. The Kier molecular flexibility index (Phi) is 4.63. The van der Waals surface area contributed by atoms with E-state index in [4.69, 9.17) is 0 Å². The molecule has 7 heteroatoms. The normalized spacial score (nSPS) is 19.5. The summed E-state index contributed by atoms with van der Waals surface area (Å²) in [6, 6.07) is 4.63. The molecule has 1 aliphatic heterocycles. The van der Waals surface area contributed by atoms with Crippen LogP contribution in [0.3, 0.4) is 0 Å². The molecule has 0 spiro atoms. The minimum atomic E-state index is -0.110. The first-order valence-corrected chi connectivity index (χ1v) is 10.4. The second kappa shape index (κ2) is 6.88. The zero-order chi connectivity index (χ0) is 16.5. The van der Waals surface area contributed by atoms with Gasteiger partial charge in [-0.05, 0) is 50.5 Å². The molecule has 1 atom stereocenters. The van der Waals surface area contributed by atoms with E-state index in [0.29, 0.717) is 6.04 Å². The van der Waals surface area contributed by atoms with Crippen molar-refractivity contribution in [3.63, 3.8) is 0 Å². The third-order valence-electron chi connectivity index (χ3n) is 4.62. The van der Waals surface area contributed by atoms with Gasteiger partial charge in [0.1, 0.15) is 0 Å². The Morgan fingerprint density at radius 1 is 1.29 bits per heavy atom. The fourth-order valence-electron chi connectivity index (χ4n) is 3.17. The van der Waals surface area contributed by atoms with Gasteiger partial charge in [0.25, 0.3) is 0 Å². The Hall–Kier alpha value is -1.34. The Labute approximate surface area is 150 Å². The molecule has 1 saturated carbocycles. The summed E-state index contributed by atoms with van der Waals surface area (Å²) in [6.45, 7) is 3.80. The van der Waals surface area contributed by atoms with E-state index < -0.39 is 0 Å². The lowest BCUT2D eigenvalue weighted by Crippen LogP contribution is -2.40. The molecule has 1 aliphatic carbocycles. The number of hydrogen-bond acceptors (Lipinski definition) is 5. The third-order valence-corrected chi connectivity index (χ3v) is 6.53. The summed E-state index contributed by atoms with van der Waals surface area (Å²) in [7, 11) is 0. The predicted molar refractivity (Wildman–Crippen MR) is 97.4 cm³/mol. The molecule has 0 radical (unpaired) electrons. The number of rotatable bonds is 5. The molecule has 1 unspecified atom stereocenters. The van der Waals surface area contributed by atoms with Crippen molar-refractivity contribution in [1.82, 2.24) is 19.7 Å². The molecule has 3 heterocycles. The number of aromatic nitrogens is 3. The topological polar surface area (TPSA) is 51.0 Å². The number of carbonyl (C=O) groups excluding carboxylic acids is 1. The lowest BCUT2D eigenvalue weighted by molar-refractivity contribution is -0.131. The van der Waals surface area contributed by atoms with Gasteiger partial charge in [0.05, 0.1) is 10.1 Å². The zero-order valence-corrected chi connectivity index (χ0v) is 15.5. The molecule has 24 heavy (non-hydrogen) atoms. The van der Waals surface area contributed by atoms with Crippen LogP contribution < -0.4 is 0 Å². The molecule has 2 aliphatic rings. The predicted octanol–water partition coefficient (Wildman–Crippen LogP) is 3.83. The van der Waals surface area contributed by atoms with Crippen LogP contribution in [-0.2, 0) is 4.79 Å². The average Bonchev–Trinajstić information content (AvgIpc) is 3.14. The number of carbonyl (C=O) groups is 1. The molecule has 2 aromatic heterocycles. The molecule has 2 aromatic rings. The summed E-state index contributed by atoms with van der Waals surface area (Å²) >= 11 is 3.25. The van der Waals surface area contributed by atoms with Crippen LogP contribution in [0.2, 0.25) is 0 Å². The van der Waals surface area contributed by atoms with Crippen molar-refractivity contribution in [2.75, 3.05) is 13.1 Å². The Balaban J connectivity index is 1.53. The van der Waals surface area contributed by atoms with Crippen molar-refractivity contribution in [2.45, 2.75) is 55.5 Å². The average molecular weight is 363 g/mol. The fraction of sp³-hybridized carbons (Fsp3) is 0.588. The number of likely N-dealkylation sites (tertiary alicyclic amines) is 1. The molecule has 0 aromatic carbocycles. The van der Waals surface area contributed by atoms with E-state index in [2.05, 4.69) is 26.2 Å². The quantitative estimate of drug-likeness (QED) is 0.759. The van der Waals surface area contributed by atoms with Gasteiger partial charge in [-0.1, -0.05) is 17.8 Å². The summed E-state index contributed by atoms with van der Waals surface area (Å²) in [5, 5.41) is 11.7. The van der Waals surface area contributed by atoms with Crippen LogP contribution in [-0.4, -0.2) is 43.9 Å². The van der Waals surface area contributed by atoms with Crippen molar-refractivity contribution in [2.24, 2.45) is 0 Å². The Morgan fingerprint density at radius 2 is 2.08 bits per heavy atom. The highest BCUT2D eigenvalue weighted by molar-refractivity contribution is 8.00. The van der Waals surface area contributed by atoms with Gasteiger partial charge in [0, 0.05) is 19.1 Å². The maximum atomic E-state index is 12.7. The van der Waals surface area contributed by atoms with E-state index >= 15 is 0 Å². The van der Waals surface area contributed by atoms with E-state index in [1.54, 1.807) is 23.1 Å². The van der Waals surface area contributed by atoms with E-state index in [1.165, 1.54) is 19.3 Å². The first-order chi connectivity index (χ1) is 11.7. The standard InChI is InChI=1S/C17H22N4OS2/c1-12(16(22)20-9-3-2-4-10-20)24-17-19-18-15(14-6-5-11-23-14)21(17)13-7-8-13/h5-6,11-13H,2-4,7-10H2,1H3. The molecule has 4 rings (SSSR count). The number of piperidine rings is 1. The van der Waals surface area contributed by atoms with Crippen LogP contribution in [0.4, 0.5) is 0 Å². The highest BCUT2D eigenvalue weighted by Gasteiger charge is 2.32. The second-order valence-corrected chi connectivity index (χ2v) is 8.79. The molecular weight excluding hydrogens is 340 g/mol. The van der Waals surface area contributed by atoms with E-state index in [1.807, 2.05) is 17.9 Å². The molecule has 0 bridgehead atoms. The smallest absolute Gasteiger partial charge is 0.235 e. The van der Waals surface area contributed by atoms with Gasteiger partial charge in [0.2, 0.25) is 5.91 Å². The van der Waals surface area contributed by atoms with Gasteiger partial charge in [-0.3, -0.25) is 9.36 Å². The van der Waals surface area contributed by atoms with E-state index in [0.717, 1.165) is 41.8 Å². The van der Waals surface area contributed by atoms with Crippen molar-refractivity contribution in [3.8, 4) is 10.7 Å². The number of thiophene rings is 1. The minimum Gasteiger partial charge on any atom is -0.342 e. The van der Waals surface area contributed by atoms with Crippen molar-refractivity contribution < 1.29 is 4.79 Å².